The molecule has 3 aromatic heterocycles. The second-order valence-corrected chi connectivity index (χ2v) is 10.1. The van der Waals surface area contributed by atoms with Crippen LogP contribution < -0.4 is 15.1 Å². The van der Waals surface area contributed by atoms with Crippen molar-refractivity contribution in [2.75, 3.05) is 67.7 Å². The van der Waals surface area contributed by atoms with Crippen LogP contribution in [-0.2, 0) is 9.47 Å². The van der Waals surface area contributed by atoms with Crippen LogP contribution in [0.1, 0.15) is 11.1 Å². The van der Waals surface area contributed by atoms with Gasteiger partial charge in [0.1, 0.15) is 0 Å². The Labute approximate surface area is 227 Å². The molecule has 1 aromatic carbocycles. The summed E-state index contributed by atoms with van der Waals surface area (Å²) in [6.45, 7) is 10.2. The van der Waals surface area contributed by atoms with E-state index in [2.05, 4.69) is 52.1 Å². The Balaban J connectivity index is 1.51. The molecule has 0 unspecified atom stereocenters. The number of hydrogen-bond acceptors (Lipinski definition) is 8. The lowest BCUT2D eigenvalue weighted by atomic mass is 10.0. The summed E-state index contributed by atoms with van der Waals surface area (Å²) in [5.74, 6) is 0.909. The van der Waals surface area contributed by atoms with Crippen LogP contribution in [-0.4, -0.2) is 67.6 Å². The van der Waals surface area contributed by atoms with Gasteiger partial charge in [0.15, 0.2) is 5.82 Å². The van der Waals surface area contributed by atoms with Crippen LogP contribution >= 0.6 is 11.6 Å². The summed E-state index contributed by atoms with van der Waals surface area (Å²) in [6.07, 6.45) is 3.79. The molecule has 0 saturated carbocycles. The number of nitrogens with one attached hydrogen (secondary N) is 1. The molecule has 6 rings (SSSR count). The fourth-order valence-electron chi connectivity index (χ4n) is 5.12. The fourth-order valence-corrected chi connectivity index (χ4v) is 5.33. The lowest BCUT2D eigenvalue weighted by Gasteiger charge is -2.32. The number of fused-ring (bicyclic) bond motifs is 1. The normalized spacial score (nSPS) is 16.2. The van der Waals surface area contributed by atoms with Crippen LogP contribution in [0.15, 0.2) is 48.8 Å². The van der Waals surface area contributed by atoms with Crippen LogP contribution in [0.25, 0.3) is 22.3 Å². The van der Waals surface area contributed by atoms with E-state index in [-0.39, 0.29) is 0 Å². The smallest absolute Gasteiger partial charge is 0.152 e. The third-order valence-corrected chi connectivity index (χ3v) is 7.47. The first-order valence-corrected chi connectivity index (χ1v) is 13.4. The maximum Gasteiger partial charge on any atom is 0.152 e. The molecule has 0 bridgehead atoms. The van der Waals surface area contributed by atoms with Crippen LogP contribution in [0.3, 0.4) is 0 Å². The van der Waals surface area contributed by atoms with E-state index in [0.717, 1.165) is 82.5 Å². The Morgan fingerprint density at radius 1 is 0.895 bits per heavy atom. The van der Waals surface area contributed by atoms with E-state index in [9.17, 15) is 0 Å². The van der Waals surface area contributed by atoms with E-state index in [0.29, 0.717) is 31.5 Å². The number of ether oxygens (including phenoxy) is 2. The molecule has 196 valence electrons. The van der Waals surface area contributed by atoms with Crippen LogP contribution in [0.4, 0.5) is 22.9 Å². The first-order chi connectivity index (χ1) is 18.6. The van der Waals surface area contributed by atoms with Crippen molar-refractivity contribution in [1.82, 2.24) is 15.0 Å². The number of halogens is 1. The predicted octanol–water partition coefficient (Wildman–Crippen LogP) is 5.38. The zero-order valence-corrected chi connectivity index (χ0v) is 22.5. The number of morpholine rings is 2. The number of pyridine rings is 3. The number of rotatable bonds is 5. The zero-order chi connectivity index (χ0) is 26.1. The molecule has 2 saturated heterocycles. The Morgan fingerprint density at radius 3 is 2.37 bits per heavy atom. The van der Waals surface area contributed by atoms with Crippen molar-refractivity contribution in [1.29, 1.82) is 0 Å². The lowest BCUT2D eigenvalue weighted by molar-refractivity contribution is 0.122. The predicted molar refractivity (Wildman–Crippen MR) is 153 cm³/mol. The molecule has 8 nitrogen and oxygen atoms in total. The average Bonchev–Trinajstić information content (AvgIpc) is 2.95. The SMILES string of the molecule is Cc1ccnc(-c2nc3c(Cl)cccc3c(Nc3cc(N4CCOCC4)cnc3N3CCOCC3)c2C)c1. The van der Waals surface area contributed by atoms with Crippen molar-refractivity contribution in [2.24, 2.45) is 0 Å². The largest absolute Gasteiger partial charge is 0.378 e. The van der Waals surface area contributed by atoms with Crippen molar-refractivity contribution in [2.45, 2.75) is 13.8 Å². The standard InChI is InChI=1S/C29H31ClN6O2/c1-19-6-7-31-24(16-19)27-20(2)26(22-4-3-5-23(30)28(22)34-27)33-25-17-21(35-8-12-37-13-9-35)18-32-29(25)36-10-14-38-15-11-36/h3-7,16-18H,8-15H2,1-2H3,(H,33,34). The van der Waals surface area contributed by atoms with Gasteiger partial charge in [0.25, 0.3) is 0 Å². The summed E-state index contributed by atoms with van der Waals surface area (Å²) in [6, 6.07) is 12.1. The summed E-state index contributed by atoms with van der Waals surface area (Å²) >= 11 is 6.69. The highest BCUT2D eigenvalue weighted by atomic mass is 35.5. The van der Waals surface area contributed by atoms with E-state index in [1.807, 2.05) is 30.6 Å². The second-order valence-electron chi connectivity index (χ2n) is 9.70. The van der Waals surface area contributed by atoms with E-state index in [4.69, 9.17) is 31.0 Å². The van der Waals surface area contributed by atoms with Crippen molar-refractivity contribution >= 4 is 45.4 Å². The Hall–Kier alpha value is -3.46. The van der Waals surface area contributed by atoms with E-state index < -0.39 is 0 Å². The summed E-state index contributed by atoms with van der Waals surface area (Å²) in [5, 5.41) is 5.34. The molecule has 0 spiro atoms. The number of aromatic nitrogens is 3. The highest BCUT2D eigenvalue weighted by Gasteiger charge is 2.22. The summed E-state index contributed by atoms with van der Waals surface area (Å²) in [4.78, 5) is 19.2. The first kappa shape index (κ1) is 24.9. The van der Waals surface area contributed by atoms with Gasteiger partial charge >= 0.3 is 0 Å². The molecule has 2 fully saturated rings. The monoisotopic (exact) mass is 530 g/mol. The molecule has 9 heteroatoms. The molecule has 0 radical (unpaired) electrons. The third kappa shape index (κ3) is 4.87. The summed E-state index contributed by atoms with van der Waals surface area (Å²) < 4.78 is 11.2. The average molecular weight is 531 g/mol. The number of aryl methyl sites for hydroxylation is 1. The van der Waals surface area contributed by atoms with Crippen molar-refractivity contribution < 1.29 is 9.47 Å². The topological polar surface area (TPSA) is 75.6 Å². The zero-order valence-electron chi connectivity index (χ0n) is 21.7. The van der Waals surface area contributed by atoms with Crippen LogP contribution in [0.2, 0.25) is 5.02 Å². The van der Waals surface area contributed by atoms with Gasteiger partial charge in [0, 0.05) is 43.3 Å². The molecule has 5 heterocycles. The summed E-state index contributed by atoms with van der Waals surface area (Å²) in [5.41, 5.74) is 7.46. The fraction of sp³-hybridized carbons (Fsp3) is 0.345. The van der Waals surface area contributed by atoms with Gasteiger partial charge in [0.05, 0.1) is 71.6 Å². The van der Waals surface area contributed by atoms with Crippen LogP contribution in [0.5, 0.6) is 0 Å². The van der Waals surface area contributed by atoms with Crippen LogP contribution in [0, 0.1) is 13.8 Å². The molecule has 0 atom stereocenters. The Bertz CT molecular complexity index is 1470. The summed E-state index contributed by atoms with van der Waals surface area (Å²) in [7, 11) is 0. The maximum absolute atomic E-state index is 6.69. The van der Waals surface area contributed by atoms with Gasteiger partial charge in [-0.1, -0.05) is 23.7 Å². The Morgan fingerprint density at radius 2 is 1.63 bits per heavy atom. The van der Waals surface area contributed by atoms with Gasteiger partial charge in [-0.15, -0.1) is 0 Å². The van der Waals surface area contributed by atoms with Gasteiger partial charge in [-0.3, -0.25) is 4.98 Å². The number of anilines is 4. The lowest BCUT2D eigenvalue weighted by Crippen LogP contribution is -2.38. The van der Waals surface area contributed by atoms with E-state index >= 15 is 0 Å². The first-order valence-electron chi connectivity index (χ1n) is 13.0. The van der Waals surface area contributed by atoms with Crippen molar-refractivity contribution in [3.63, 3.8) is 0 Å². The maximum atomic E-state index is 6.69. The minimum absolute atomic E-state index is 0.605. The molecule has 2 aliphatic rings. The molecular weight excluding hydrogens is 500 g/mol. The van der Waals surface area contributed by atoms with Gasteiger partial charge in [-0.05, 0) is 43.7 Å². The van der Waals surface area contributed by atoms with E-state index in [1.165, 1.54) is 0 Å². The number of benzene rings is 1. The minimum atomic E-state index is 0.605. The molecule has 0 aliphatic carbocycles. The molecule has 0 amide bonds. The minimum Gasteiger partial charge on any atom is -0.378 e. The molecule has 1 N–H and O–H groups in total. The number of para-hydroxylation sites is 1. The number of nitrogens with zero attached hydrogens (tertiary/aromatic N) is 5. The van der Waals surface area contributed by atoms with Crippen molar-refractivity contribution in [3.05, 3.63) is 64.9 Å². The van der Waals surface area contributed by atoms with Crippen molar-refractivity contribution in [3.8, 4) is 11.4 Å². The molecule has 38 heavy (non-hydrogen) atoms. The van der Waals surface area contributed by atoms with Gasteiger partial charge in [-0.25, -0.2) is 9.97 Å². The highest BCUT2D eigenvalue weighted by Crippen LogP contribution is 2.39. The third-order valence-electron chi connectivity index (χ3n) is 7.17. The highest BCUT2D eigenvalue weighted by molar-refractivity contribution is 6.35. The van der Waals surface area contributed by atoms with Gasteiger partial charge in [-0.2, -0.15) is 0 Å². The quantitative estimate of drug-likeness (QED) is 0.368. The second kappa shape index (κ2) is 10.7. The molecule has 4 aromatic rings. The molecule has 2 aliphatic heterocycles. The number of hydrogen-bond donors (Lipinski definition) is 1. The Kier molecular flexibility index (Phi) is 7.02. The van der Waals surface area contributed by atoms with Gasteiger partial charge < -0.3 is 24.6 Å². The van der Waals surface area contributed by atoms with E-state index in [1.54, 1.807) is 0 Å². The van der Waals surface area contributed by atoms with Gasteiger partial charge in [0.2, 0.25) is 0 Å². The molecular formula is C29H31ClN6O2.